The van der Waals surface area contributed by atoms with Crippen LogP contribution in [0.3, 0.4) is 0 Å². The summed E-state index contributed by atoms with van der Waals surface area (Å²) in [5.74, 6) is -1.93. The highest BCUT2D eigenvalue weighted by molar-refractivity contribution is 5.89. The lowest BCUT2D eigenvalue weighted by Crippen LogP contribution is -2.13. The van der Waals surface area contributed by atoms with Gasteiger partial charge in [-0.1, -0.05) is 77.0 Å². The predicted molar refractivity (Wildman–Crippen MR) is 98.1 cm³/mol. The molecule has 0 aromatic rings. The molecule has 0 spiro atoms. The van der Waals surface area contributed by atoms with Gasteiger partial charge < -0.3 is 10.2 Å². The molecule has 2 N–H and O–H groups in total. The Balaban J connectivity index is 3.87. The number of unbranched alkanes of at least 4 members (excludes halogenated alkanes) is 8. The van der Waals surface area contributed by atoms with Crippen LogP contribution in [-0.2, 0) is 9.59 Å². The molecule has 1 atom stereocenters. The Morgan fingerprint density at radius 2 is 1.46 bits per heavy atom. The number of allylic oxidation sites excluding steroid dienone is 1. The average molecular weight is 338 g/mol. The highest BCUT2D eigenvalue weighted by Gasteiger charge is 2.16. The maximum absolute atomic E-state index is 11.3. The third-order valence-corrected chi connectivity index (χ3v) is 4.34. The van der Waals surface area contributed by atoms with E-state index in [0.717, 1.165) is 32.1 Å². The standard InChI is InChI=1S/C20H34O4/c1-3-5-6-7-8-9-11-15-18(20(23)24)16-13-10-12-14-17(4-2)19(21)22/h4,14,18H,2-3,5-13,15-16H2,1H3,(H,21,22)(H,23,24). The molecule has 0 aliphatic heterocycles. The minimum absolute atomic E-state index is 0.216. The Kier molecular flexibility index (Phi) is 14.0. The van der Waals surface area contributed by atoms with Crippen LogP contribution < -0.4 is 0 Å². The summed E-state index contributed by atoms with van der Waals surface area (Å²) in [6.45, 7) is 5.67. The molecule has 0 radical (unpaired) electrons. The van der Waals surface area contributed by atoms with E-state index in [-0.39, 0.29) is 11.5 Å². The van der Waals surface area contributed by atoms with Gasteiger partial charge in [-0.15, -0.1) is 0 Å². The van der Waals surface area contributed by atoms with Crippen LogP contribution in [-0.4, -0.2) is 22.2 Å². The van der Waals surface area contributed by atoms with Gasteiger partial charge >= 0.3 is 11.9 Å². The van der Waals surface area contributed by atoms with Crippen molar-refractivity contribution in [1.82, 2.24) is 0 Å². The van der Waals surface area contributed by atoms with Crippen LogP contribution in [0.1, 0.15) is 84.0 Å². The quantitative estimate of drug-likeness (QED) is 0.219. The number of carboxylic acid groups (broad SMARTS) is 2. The molecule has 4 heteroatoms. The number of hydrogen-bond donors (Lipinski definition) is 2. The number of aliphatic carboxylic acids is 2. The highest BCUT2D eigenvalue weighted by Crippen LogP contribution is 2.19. The Labute approximate surface area is 146 Å². The summed E-state index contributed by atoms with van der Waals surface area (Å²) in [6, 6.07) is 0. The lowest BCUT2D eigenvalue weighted by Gasteiger charge is -2.11. The molecule has 0 aromatic carbocycles. The SMILES string of the molecule is C=CC(=CCCCCC(CCCCCCCCC)C(=O)O)C(=O)O. The van der Waals surface area contributed by atoms with Crippen molar-refractivity contribution in [3.63, 3.8) is 0 Å². The van der Waals surface area contributed by atoms with Gasteiger partial charge in [0.15, 0.2) is 0 Å². The Hall–Kier alpha value is -1.58. The first-order chi connectivity index (χ1) is 11.5. The van der Waals surface area contributed by atoms with Crippen molar-refractivity contribution in [3.05, 3.63) is 24.3 Å². The topological polar surface area (TPSA) is 74.6 Å². The Morgan fingerprint density at radius 3 is 1.96 bits per heavy atom. The van der Waals surface area contributed by atoms with Crippen LogP contribution in [0.2, 0.25) is 0 Å². The maximum Gasteiger partial charge on any atom is 0.335 e. The zero-order valence-electron chi connectivity index (χ0n) is 15.1. The third kappa shape index (κ3) is 11.9. The van der Waals surface area contributed by atoms with Crippen LogP contribution in [0, 0.1) is 5.92 Å². The first-order valence-corrected chi connectivity index (χ1v) is 9.31. The minimum atomic E-state index is -0.965. The van der Waals surface area contributed by atoms with Gasteiger partial charge in [0.2, 0.25) is 0 Å². The Morgan fingerprint density at radius 1 is 0.917 bits per heavy atom. The smallest absolute Gasteiger partial charge is 0.335 e. The number of carbonyl (C=O) groups is 2. The molecule has 138 valence electrons. The summed E-state index contributed by atoms with van der Waals surface area (Å²) in [5, 5.41) is 18.2. The fourth-order valence-electron chi connectivity index (χ4n) is 2.79. The summed E-state index contributed by atoms with van der Waals surface area (Å²) >= 11 is 0. The molecule has 0 fully saturated rings. The van der Waals surface area contributed by atoms with Crippen molar-refractivity contribution in [2.45, 2.75) is 84.0 Å². The molecule has 0 saturated carbocycles. The molecule has 0 saturated heterocycles. The van der Waals surface area contributed by atoms with E-state index in [9.17, 15) is 14.7 Å². The van der Waals surface area contributed by atoms with E-state index in [2.05, 4.69) is 13.5 Å². The second kappa shape index (κ2) is 15.0. The van der Waals surface area contributed by atoms with E-state index in [1.807, 2.05) is 0 Å². The largest absolute Gasteiger partial charge is 0.481 e. The summed E-state index contributed by atoms with van der Waals surface area (Å²) in [5.41, 5.74) is 0.216. The summed E-state index contributed by atoms with van der Waals surface area (Å²) < 4.78 is 0. The second-order valence-electron chi connectivity index (χ2n) is 6.40. The van der Waals surface area contributed by atoms with E-state index >= 15 is 0 Å². The van der Waals surface area contributed by atoms with Gasteiger partial charge in [0.05, 0.1) is 11.5 Å². The zero-order chi connectivity index (χ0) is 18.2. The molecule has 1 unspecified atom stereocenters. The van der Waals surface area contributed by atoms with Gasteiger partial charge in [0, 0.05) is 0 Å². The van der Waals surface area contributed by atoms with E-state index in [1.54, 1.807) is 6.08 Å². The fourth-order valence-corrected chi connectivity index (χ4v) is 2.79. The highest BCUT2D eigenvalue weighted by atomic mass is 16.4. The van der Waals surface area contributed by atoms with Crippen molar-refractivity contribution < 1.29 is 19.8 Å². The average Bonchev–Trinajstić information content (AvgIpc) is 2.54. The van der Waals surface area contributed by atoms with E-state index in [1.165, 1.54) is 38.2 Å². The number of carboxylic acids is 2. The lowest BCUT2D eigenvalue weighted by atomic mass is 9.94. The van der Waals surface area contributed by atoms with Crippen LogP contribution in [0.4, 0.5) is 0 Å². The fraction of sp³-hybridized carbons (Fsp3) is 0.700. The van der Waals surface area contributed by atoms with Crippen molar-refractivity contribution in [3.8, 4) is 0 Å². The number of hydrogen-bond acceptors (Lipinski definition) is 2. The first-order valence-electron chi connectivity index (χ1n) is 9.31. The van der Waals surface area contributed by atoms with E-state index in [4.69, 9.17) is 5.11 Å². The molecule has 0 aliphatic carbocycles. The zero-order valence-corrected chi connectivity index (χ0v) is 15.1. The van der Waals surface area contributed by atoms with Crippen LogP contribution in [0.25, 0.3) is 0 Å². The van der Waals surface area contributed by atoms with E-state index in [0.29, 0.717) is 12.8 Å². The molecular formula is C20H34O4. The van der Waals surface area contributed by atoms with Crippen molar-refractivity contribution in [1.29, 1.82) is 0 Å². The van der Waals surface area contributed by atoms with Crippen molar-refractivity contribution in [2.24, 2.45) is 5.92 Å². The number of rotatable bonds is 16. The van der Waals surface area contributed by atoms with E-state index < -0.39 is 11.9 Å². The van der Waals surface area contributed by atoms with Gasteiger partial charge in [-0.2, -0.15) is 0 Å². The summed E-state index contributed by atoms with van der Waals surface area (Å²) in [6.07, 6.45) is 15.1. The van der Waals surface area contributed by atoms with Crippen LogP contribution >= 0.6 is 0 Å². The van der Waals surface area contributed by atoms with Gasteiger partial charge in [0.25, 0.3) is 0 Å². The lowest BCUT2D eigenvalue weighted by molar-refractivity contribution is -0.142. The predicted octanol–water partition coefficient (Wildman–Crippen LogP) is 5.59. The molecule has 24 heavy (non-hydrogen) atoms. The molecule has 0 aromatic heterocycles. The van der Waals surface area contributed by atoms with Crippen molar-refractivity contribution in [2.75, 3.05) is 0 Å². The van der Waals surface area contributed by atoms with Gasteiger partial charge in [-0.3, -0.25) is 4.79 Å². The molecule has 0 rings (SSSR count). The summed E-state index contributed by atoms with van der Waals surface area (Å²) in [4.78, 5) is 22.1. The molecular weight excluding hydrogens is 304 g/mol. The second-order valence-corrected chi connectivity index (χ2v) is 6.40. The Bertz CT molecular complexity index is 398. The normalized spacial score (nSPS) is 12.8. The molecule has 0 amide bonds. The molecule has 0 aliphatic rings. The molecule has 0 heterocycles. The van der Waals surface area contributed by atoms with Gasteiger partial charge in [-0.05, 0) is 25.7 Å². The molecule has 4 nitrogen and oxygen atoms in total. The van der Waals surface area contributed by atoms with Crippen LogP contribution in [0.5, 0.6) is 0 Å². The minimum Gasteiger partial charge on any atom is -0.481 e. The van der Waals surface area contributed by atoms with Gasteiger partial charge in [0.1, 0.15) is 0 Å². The maximum atomic E-state index is 11.3. The third-order valence-electron chi connectivity index (χ3n) is 4.34. The molecule has 0 bridgehead atoms. The van der Waals surface area contributed by atoms with Gasteiger partial charge in [-0.25, -0.2) is 4.79 Å². The van der Waals surface area contributed by atoms with Crippen molar-refractivity contribution >= 4 is 11.9 Å². The monoisotopic (exact) mass is 338 g/mol. The van der Waals surface area contributed by atoms with Crippen LogP contribution in [0.15, 0.2) is 24.3 Å². The summed E-state index contributed by atoms with van der Waals surface area (Å²) in [7, 11) is 0. The first kappa shape index (κ1) is 22.4.